The van der Waals surface area contributed by atoms with Crippen molar-refractivity contribution in [3.63, 3.8) is 0 Å². The summed E-state index contributed by atoms with van der Waals surface area (Å²) < 4.78 is 16.5. The molecule has 0 bridgehead atoms. The normalized spacial score (nSPS) is 10.5. The number of amides is 1. The van der Waals surface area contributed by atoms with Crippen LogP contribution in [0.2, 0.25) is 0 Å². The van der Waals surface area contributed by atoms with Gasteiger partial charge in [-0.25, -0.2) is 0 Å². The molecule has 0 radical (unpaired) electrons. The lowest BCUT2D eigenvalue weighted by Gasteiger charge is -2.16. The number of carbonyl (C=O) groups is 2. The molecule has 0 saturated carbocycles. The molecule has 0 atom stereocenters. The lowest BCUT2D eigenvalue weighted by atomic mass is 10.00. The second-order valence-corrected chi connectivity index (χ2v) is 8.99. The number of carbonyl (C=O) groups excluding carboxylic acids is 1. The zero-order valence-electron chi connectivity index (χ0n) is 20.0. The number of ether oxygens (including phenoxy) is 3. The number of aliphatic carboxylic acids is 1. The first-order valence-corrected chi connectivity index (χ1v) is 11.9. The monoisotopic (exact) mass is 503 g/mol. The molecule has 4 rings (SSSR count). The second kappa shape index (κ2) is 11.0. The lowest BCUT2D eigenvalue weighted by molar-refractivity contribution is -0.136. The Labute approximate surface area is 212 Å². The molecule has 0 saturated heterocycles. The minimum atomic E-state index is -0.880. The van der Waals surface area contributed by atoms with Crippen molar-refractivity contribution in [3.8, 4) is 38.8 Å². The van der Waals surface area contributed by atoms with E-state index in [2.05, 4.69) is 5.32 Å². The van der Waals surface area contributed by atoms with E-state index in [1.54, 1.807) is 57.7 Å². The zero-order chi connectivity index (χ0) is 25.7. The number of hydrogen-bond donors (Lipinski definition) is 2. The molecule has 7 nitrogen and oxygen atoms in total. The summed E-state index contributed by atoms with van der Waals surface area (Å²) in [5.74, 6) is 0.555. The van der Waals surface area contributed by atoms with Gasteiger partial charge in [0.2, 0.25) is 0 Å². The first kappa shape index (κ1) is 24.8. The standard InChI is InChI=1S/C28H25NO6S/c1-33-19-14-23(34-2)27(24(15-19)35-3)17-7-6-8-18(13-17)28(32)29-22-10-5-4-9-21(22)25-12-11-20(36-25)16-26(30)31/h4-15H,16H2,1-3H3,(H,29,32)(H,30,31). The van der Waals surface area contributed by atoms with Crippen molar-refractivity contribution < 1.29 is 28.9 Å². The van der Waals surface area contributed by atoms with E-state index in [1.165, 1.54) is 11.3 Å². The van der Waals surface area contributed by atoms with E-state index in [1.807, 2.05) is 36.4 Å². The first-order chi connectivity index (χ1) is 17.4. The first-order valence-electron chi connectivity index (χ1n) is 11.0. The molecule has 2 N–H and O–H groups in total. The smallest absolute Gasteiger partial charge is 0.308 e. The molecule has 36 heavy (non-hydrogen) atoms. The molecule has 4 aromatic rings. The van der Waals surface area contributed by atoms with E-state index in [9.17, 15) is 9.59 Å². The van der Waals surface area contributed by atoms with E-state index >= 15 is 0 Å². The summed E-state index contributed by atoms with van der Waals surface area (Å²) in [7, 11) is 4.70. The molecule has 0 aliphatic carbocycles. The lowest BCUT2D eigenvalue weighted by Crippen LogP contribution is -2.12. The Morgan fingerprint density at radius 2 is 1.58 bits per heavy atom. The van der Waals surface area contributed by atoms with Gasteiger partial charge in [0.25, 0.3) is 5.91 Å². The molecular weight excluding hydrogens is 478 g/mol. The Kier molecular flexibility index (Phi) is 7.56. The molecule has 1 heterocycles. The molecule has 1 aromatic heterocycles. The van der Waals surface area contributed by atoms with Crippen molar-refractivity contribution in [1.82, 2.24) is 0 Å². The highest BCUT2D eigenvalue weighted by atomic mass is 32.1. The van der Waals surface area contributed by atoms with Gasteiger partial charge < -0.3 is 24.6 Å². The van der Waals surface area contributed by atoms with Gasteiger partial charge in [-0.2, -0.15) is 0 Å². The van der Waals surface area contributed by atoms with Crippen LogP contribution >= 0.6 is 11.3 Å². The summed E-state index contributed by atoms with van der Waals surface area (Å²) in [4.78, 5) is 25.9. The predicted molar refractivity (Wildman–Crippen MR) is 141 cm³/mol. The Hall–Kier alpha value is -4.30. The van der Waals surface area contributed by atoms with E-state index < -0.39 is 5.97 Å². The third-order valence-corrected chi connectivity index (χ3v) is 6.67. The average molecular weight is 504 g/mol. The van der Waals surface area contributed by atoms with Crippen LogP contribution in [0.5, 0.6) is 17.2 Å². The molecule has 8 heteroatoms. The summed E-state index contributed by atoms with van der Waals surface area (Å²) in [6.45, 7) is 0. The Morgan fingerprint density at radius 3 is 2.25 bits per heavy atom. The average Bonchev–Trinajstić information content (AvgIpc) is 3.35. The Balaban J connectivity index is 1.65. The molecule has 1 amide bonds. The largest absolute Gasteiger partial charge is 0.496 e. The highest BCUT2D eigenvalue weighted by Crippen LogP contribution is 2.42. The van der Waals surface area contributed by atoms with Crippen LogP contribution in [-0.2, 0) is 11.2 Å². The summed E-state index contributed by atoms with van der Waals surface area (Å²) in [5, 5.41) is 12.1. The minimum absolute atomic E-state index is 0.0374. The highest BCUT2D eigenvalue weighted by Gasteiger charge is 2.18. The van der Waals surface area contributed by atoms with Gasteiger partial charge in [0.05, 0.1) is 33.3 Å². The van der Waals surface area contributed by atoms with Gasteiger partial charge in [0.15, 0.2) is 0 Å². The molecule has 184 valence electrons. The molecule has 3 aromatic carbocycles. The van der Waals surface area contributed by atoms with Crippen molar-refractivity contribution in [2.24, 2.45) is 0 Å². The minimum Gasteiger partial charge on any atom is -0.496 e. The van der Waals surface area contributed by atoms with Gasteiger partial charge >= 0.3 is 5.97 Å². The number of para-hydroxylation sites is 1. The maximum absolute atomic E-state index is 13.3. The third-order valence-electron chi connectivity index (χ3n) is 5.56. The van der Waals surface area contributed by atoms with Crippen molar-refractivity contribution in [1.29, 1.82) is 0 Å². The number of thiophene rings is 1. The Morgan fingerprint density at radius 1 is 0.861 bits per heavy atom. The van der Waals surface area contributed by atoms with Crippen LogP contribution in [0.3, 0.4) is 0 Å². The van der Waals surface area contributed by atoms with Gasteiger partial charge in [-0.05, 0) is 35.9 Å². The molecule has 0 spiro atoms. The van der Waals surface area contributed by atoms with Gasteiger partial charge in [0.1, 0.15) is 17.2 Å². The van der Waals surface area contributed by atoms with Crippen molar-refractivity contribution in [2.75, 3.05) is 26.6 Å². The fourth-order valence-corrected chi connectivity index (χ4v) is 4.91. The van der Waals surface area contributed by atoms with Crippen LogP contribution in [0.4, 0.5) is 5.69 Å². The fourth-order valence-electron chi connectivity index (χ4n) is 3.87. The number of methoxy groups -OCH3 is 3. The number of benzene rings is 3. The number of rotatable bonds is 9. The molecule has 0 aliphatic heterocycles. The number of nitrogens with one attached hydrogen (secondary N) is 1. The van der Waals surface area contributed by atoms with Crippen molar-refractivity contribution >= 4 is 28.9 Å². The van der Waals surface area contributed by atoms with Gasteiger partial charge in [-0.15, -0.1) is 11.3 Å². The summed E-state index contributed by atoms with van der Waals surface area (Å²) in [5.41, 5.74) is 3.38. The van der Waals surface area contributed by atoms with Crippen molar-refractivity contribution in [2.45, 2.75) is 6.42 Å². The number of carboxylic acids is 1. The summed E-state index contributed by atoms with van der Waals surface area (Å²) in [6, 6.07) is 21.8. The Bertz CT molecular complexity index is 1390. The second-order valence-electron chi connectivity index (χ2n) is 7.82. The number of carboxylic acid groups (broad SMARTS) is 1. The molecule has 0 fully saturated rings. The zero-order valence-corrected chi connectivity index (χ0v) is 20.8. The summed E-state index contributed by atoms with van der Waals surface area (Å²) >= 11 is 1.39. The van der Waals surface area contributed by atoms with Crippen molar-refractivity contribution in [3.05, 3.63) is 83.2 Å². The highest BCUT2D eigenvalue weighted by molar-refractivity contribution is 7.15. The van der Waals surface area contributed by atoms with Gasteiger partial charge in [0, 0.05) is 38.7 Å². The van der Waals surface area contributed by atoms with Crippen LogP contribution < -0.4 is 19.5 Å². The maximum Gasteiger partial charge on any atom is 0.308 e. The molecule has 0 aliphatic rings. The third kappa shape index (κ3) is 5.34. The quantitative estimate of drug-likeness (QED) is 0.292. The molecular formula is C28H25NO6S. The topological polar surface area (TPSA) is 94.1 Å². The van der Waals surface area contributed by atoms with Crippen LogP contribution in [0.1, 0.15) is 15.2 Å². The fraction of sp³-hybridized carbons (Fsp3) is 0.143. The van der Waals surface area contributed by atoms with Crippen LogP contribution in [0.25, 0.3) is 21.6 Å². The van der Waals surface area contributed by atoms with Crippen LogP contribution in [0.15, 0.2) is 72.8 Å². The number of hydrogen-bond acceptors (Lipinski definition) is 6. The summed E-state index contributed by atoms with van der Waals surface area (Å²) in [6.07, 6.45) is -0.0374. The van der Waals surface area contributed by atoms with E-state index in [0.717, 1.165) is 20.9 Å². The SMILES string of the molecule is COc1cc(OC)c(-c2cccc(C(=O)Nc3ccccc3-c3ccc(CC(=O)O)s3)c2)c(OC)c1. The van der Waals surface area contributed by atoms with E-state index in [0.29, 0.717) is 34.1 Å². The molecule has 0 unspecified atom stereocenters. The van der Waals surface area contributed by atoms with E-state index in [4.69, 9.17) is 19.3 Å². The number of anilines is 1. The van der Waals surface area contributed by atoms with Gasteiger partial charge in [-0.3, -0.25) is 9.59 Å². The maximum atomic E-state index is 13.3. The van der Waals surface area contributed by atoms with Crippen LogP contribution in [0, 0.1) is 0 Å². The van der Waals surface area contributed by atoms with Crippen LogP contribution in [-0.4, -0.2) is 38.3 Å². The van der Waals surface area contributed by atoms with E-state index in [-0.39, 0.29) is 12.3 Å². The van der Waals surface area contributed by atoms with Gasteiger partial charge in [-0.1, -0.05) is 30.3 Å². The predicted octanol–water partition coefficient (Wildman–Crippen LogP) is 5.99.